The maximum atomic E-state index is 12.6. The van der Waals surface area contributed by atoms with Gasteiger partial charge in [-0.1, -0.05) is 6.07 Å². The van der Waals surface area contributed by atoms with Gasteiger partial charge in [0, 0.05) is 29.8 Å². The first-order chi connectivity index (χ1) is 13.1. The number of oxazole rings is 1. The lowest BCUT2D eigenvalue weighted by Crippen LogP contribution is -2.14. The van der Waals surface area contributed by atoms with Gasteiger partial charge in [0.05, 0.1) is 29.2 Å². The molecule has 0 aliphatic carbocycles. The molecule has 0 unspecified atom stereocenters. The van der Waals surface area contributed by atoms with E-state index >= 15 is 0 Å². The Hall–Kier alpha value is -3.68. The number of rotatable bonds is 3. The van der Waals surface area contributed by atoms with Crippen LogP contribution in [0.5, 0.6) is 0 Å². The summed E-state index contributed by atoms with van der Waals surface area (Å²) >= 11 is 0. The van der Waals surface area contributed by atoms with Crippen LogP contribution in [0.1, 0.15) is 12.7 Å². The summed E-state index contributed by atoms with van der Waals surface area (Å²) in [5, 5.41) is 8.29. The van der Waals surface area contributed by atoms with E-state index in [1.807, 2.05) is 36.0 Å². The van der Waals surface area contributed by atoms with Crippen LogP contribution in [0.15, 0.2) is 52.1 Å². The average Bonchev–Trinajstić information content (AvgIpc) is 3.38. The summed E-state index contributed by atoms with van der Waals surface area (Å²) in [6.07, 6.45) is 5.14. The van der Waals surface area contributed by atoms with E-state index in [0.717, 1.165) is 23.0 Å². The van der Waals surface area contributed by atoms with Crippen molar-refractivity contribution in [3.8, 4) is 22.7 Å². The number of fused-ring (bicyclic) bond motifs is 2. The van der Waals surface area contributed by atoms with Gasteiger partial charge in [-0.05, 0) is 26.0 Å². The van der Waals surface area contributed by atoms with Crippen molar-refractivity contribution in [3.05, 3.63) is 59.0 Å². The van der Waals surface area contributed by atoms with Crippen LogP contribution in [0, 0.1) is 6.92 Å². The van der Waals surface area contributed by atoms with Gasteiger partial charge in [0.25, 0.3) is 5.56 Å². The minimum absolute atomic E-state index is 0.200. The van der Waals surface area contributed by atoms with E-state index < -0.39 is 0 Å². The maximum absolute atomic E-state index is 12.6. The fourth-order valence-electron chi connectivity index (χ4n) is 3.26. The van der Waals surface area contributed by atoms with E-state index in [0.29, 0.717) is 28.6 Å². The molecule has 0 aliphatic rings. The molecule has 5 aromatic rings. The third kappa shape index (κ3) is 2.37. The molecule has 0 radical (unpaired) electrons. The number of H-pyrrole nitrogens is 1. The zero-order chi connectivity index (χ0) is 18.5. The minimum atomic E-state index is -0.200. The van der Waals surface area contributed by atoms with Gasteiger partial charge < -0.3 is 4.42 Å². The molecule has 0 bridgehead atoms. The molecule has 5 rings (SSSR count). The molecule has 1 aromatic carbocycles. The highest BCUT2D eigenvalue weighted by Gasteiger charge is 2.15. The number of aryl methyl sites for hydroxylation is 2. The first-order valence-corrected chi connectivity index (χ1v) is 8.64. The van der Waals surface area contributed by atoms with Gasteiger partial charge in [-0.2, -0.15) is 5.10 Å². The van der Waals surface area contributed by atoms with Crippen LogP contribution in [0.4, 0.5) is 0 Å². The molecular weight excluding hydrogens is 344 g/mol. The van der Waals surface area contributed by atoms with Crippen molar-refractivity contribution in [3.63, 3.8) is 0 Å². The number of hydrogen-bond donors (Lipinski definition) is 1. The summed E-state index contributed by atoms with van der Waals surface area (Å²) < 4.78 is 8.91. The van der Waals surface area contributed by atoms with Gasteiger partial charge in [0.2, 0.25) is 5.89 Å². The summed E-state index contributed by atoms with van der Waals surface area (Å²) in [6, 6.07) is 7.46. The largest absolute Gasteiger partial charge is 0.441 e. The highest BCUT2D eigenvalue weighted by atomic mass is 16.4. The summed E-state index contributed by atoms with van der Waals surface area (Å²) in [5.41, 5.74) is 3.42. The molecule has 8 nitrogen and oxygen atoms in total. The van der Waals surface area contributed by atoms with Crippen molar-refractivity contribution in [2.75, 3.05) is 0 Å². The molecule has 0 saturated carbocycles. The zero-order valence-electron chi connectivity index (χ0n) is 14.8. The summed E-state index contributed by atoms with van der Waals surface area (Å²) in [5.74, 6) is 1.12. The number of nitrogens with zero attached hydrogens (tertiary/aromatic N) is 5. The Labute approximate surface area is 153 Å². The third-order valence-corrected chi connectivity index (χ3v) is 4.59. The lowest BCUT2D eigenvalue weighted by Gasteiger charge is -2.04. The SMILES string of the molecule is CCn1ncc2cc(-c3cc(=O)n4[nH]cc(-c5ncc(C)o5)c4n3)ccc21. The summed E-state index contributed by atoms with van der Waals surface area (Å²) in [7, 11) is 0. The average molecular weight is 360 g/mol. The van der Waals surface area contributed by atoms with Gasteiger partial charge in [0.15, 0.2) is 5.65 Å². The Morgan fingerprint density at radius 2 is 2.11 bits per heavy atom. The van der Waals surface area contributed by atoms with Gasteiger partial charge >= 0.3 is 0 Å². The van der Waals surface area contributed by atoms with Gasteiger partial charge in [-0.3, -0.25) is 14.6 Å². The van der Waals surface area contributed by atoms with E-state index in [2.05, 4.69) is 22.1 Å². The van der Waals surface area contributed by atoms with Crippen LogP contribution in [0.3, 0.4) is 0 Å². The number of aromatic nitrogens is 6. The van der Waals surface area contributed by atoms with Gasteiger partial charge in [0.1, 0.15) is 5.76 Å². The van der Waals surface area contributed by atoms with E-state index in [9.17, 15) is 4.79 Å². The fourth-order valence-corrected chi connectivity index (χ4v) is 3.26. The second kappa shape index (κ2) is 5.66. The molecule has 0 aliphatic heterocycles. The molecule has 0 atom stereocenters. The maximum Gasteiger partial charge on any atom is 0.273 e. The van der Waals surface area contributed by atoms with Crippen molar-refractivity contribution in [2.24, 2.45) is 0 Å². The number of benzene rings is 1. The Bertz CT molecular complexity index is 1350. The Balaban J connectivity index is 1.70. The normalized spacial score (nSPS) is 11.6. The van der Waals surface area contributed by atoms with E-state index in [4.69, 9.17) is 9.40 Å². The van der Waals surface area contributed by atoms with E-state index in [-0.39, 0.29) is 5.56 Å². The lowest BCUT2D eigenvalue weighted by molar-refractivity contribution is 0.543. The highest BCUT2D eigenvalue weighted by Crippen LogP contribution is 2.26. The zero-order valence-corrected chi connectivity index (χ0v) is 14.8. The van der Waals surface area contributed by atoms with Gasteiger partial charge in [-0.15, -0.1) is 0 Å². The van der Waals surface area contributed by atoms with Crippen LogP contribution < -0.4 is 5.56 Å². The molecule has 134 valence electrons. The van der Waals surface area contributed by atoms with Crippen LogP contribution in [0.2, 0.25) is 0 Å². The predicted octanol–water partition coefficient (Wildman–Crippen LogP) is 3.02. The first-order valence-electron chi connectivity index (χ1n) is 8.64. The molecule has 0 saturated heterocycles. The Kier molecular flexibility index (Phi) is 3.27. The quantitative estimate of drug-likeness (QED) is 0.534. The Morgan fingerprint density at radius 1 is 1.22 bits per heavy atom. The van der Waals surface area contributed by atoms with Crippen molar-refractivity contribution in [2.45, 2.75) is 20.4 Å². The molecule has 4 aromatic heterocycles. The molecule has 8 heteroatoms. The van der Waals surface area contributed by atoms with E-state index in [1.54, 1.807) is 12.4 Å². The van der Waals surface area contributed by atoms with Crippen LogP contribution >= 0.6 is 0 Å². The van der Waals surface area contributed by atoms with Crippen molar-refractivity contribution in [1.82, 2.24) is 29.4 Å². The number of nitrogens with one attached hydrogen (secondary N) is 1. The van der Waals surface area contributed by atoms with Gasteiger partial charge in [-0.25, -0.2) is 14.5 Å². The van der Waals surface area contributed by atoms with Crippen molar-refractivity contribution in [1.29, 1.82) is 0 Å². The monoisotopic (exact) mass is 360 g/mol. The minimum Gasteiger partial charge on any atom is -0.441 e. The molecule has 0 spiro atoms. The highest BCUT2D eigenvalue weighted by molar-refractivity contribution is 5.84. The second-order valence-electron chi connectivity index (χ2n) is 6.34. The predicted molar refractivity (Wildman–Crippen MR) is 100 cm³/mol. The van der Waals surface area contributed by atoms with Crippen molar-refractivity contribution < 1.29 is 4.42 Å². The fraction of sp³-hybridized carbons (Fsp3) is 0.158. The number of aromatic amines is 1. The van der Waals surface area contributed by atoms with Crippen LogP contribution in [-0.4, -0.2) is 29.4 Å². The molecular formula is C19H16N6O2. The smallest absolute Gasteiger partial charge is 0.273 e. The Morgan fingerprint density at radius 3 is 2.89 bits per heavy atom. The van der Waals surface area contributed by atoms with E-state index in [1.165, 1.54) is 10.6 Å². The molecule has 4 heterocycles. The molecule has 0 fully saturated rings. The van der Waals surface area contributed by atoms with Crippen LogP contribution in [-0.2, 0) is 6.54 Å². The van der Waals surface area contributed by atoms with Crippen molar-refractivity contribution >= 4 is 16.6 Å². The topological polar surface area (TPSA) is 94.0 Å². The molecule has 27 heavy (non-hydrogen) atoms. The van der Waals surface area contributed by atoms with Crippen LogP contribution in [0.25, 0.3) is 39.3 Å². The molecule has 0 amide bonds. The summed E-state index contributed by atoms with van der Waals surface area (Å²) in [4.78, 5) is 21.5. The number of hydrogen-bond acceptors (Lipinski definition) is 5. The first kappa shape index (κ1) is 15.6. The molecule has 1 N–H and O–H groups in total. The third-order valence-electron chi connectivity index (χ3n) is 4.59. The summed E-state index contributed by atoms with van der Waals surface area (Å²) in [6.45, 7) is 4.67. The second-order valence-corrected chi connectivity index (χ2v) is 6.34. The lowest BCUT2D eigenvalue weighted by atomic mass is 10.1. The standard InChI is InChI=1S/C19H16N6O2/c1-3-24-16-5-4-12(6-13(16)9-21-24)15-7-17(26)25-18(23-15)14(10-22-25)19-20-8-11(2)27-19/h4-10,22H,3H2,1-2H3.